The van der Waals surface area contributed by atoms with E-state index in [1.807, 2.05) is 37.3 Å². The molecule has 0 bridgehead atoms. The van der Waals surface area contributed by atoms with E-state index in [0.717, 1.165) is 5.56 Å². The van der Waals surface area contributed by atoms with Crippen LogP contribution in [-0.4, -0.2) is 31.9 Å². The standard InChI is InChI=1S/C12H21N3O2S.ClH/c1-3-15(10-12-7-5-4-6-8-12)18(16,17)14-11(2)9-13;/h4-8,11,14H,3,9-10,13H2,1-2H3;1H/t11-;/m0./s1. The van der Waals surface area contributed by atoms with Crippen LogP contribution in [-0.2, 0) is 16.8 Å². The van der Waals surface area contributed by atoms with Gasteiger partial charge in [0.15, 0.2) is 0 Å². The van der Waals surface area contributed by atoms with Crippen molar-refractivity contribution in [3.05, 3.63) is 35.9 Å². The van der Waals surface area contributed by atoms with Gasteiger partial charge in [0.05, 0.1) is 0 Å². The molecule has 1 aromatic carbocycles. The van der Waals surface area contributed by atoms with Crippen LogP contribution in [0.25, 0.3) is 0 Å². The first-order valence-corrected chi connectivity index (χ1v) is 7.45. The Hall–Kier alpha value is -0.660. The van der Waals surface area contributed by atoms with Gasteiger partial charge in [0.2, 0.25) is 0 Å². The minimum atomic E-state index is -3.48. The van der Waals surface area contributed by atoms with Gasteiger partial charge in [-0.2, -0.15) is 17.4 Å². The van der Waals surface area contributed by atoms with Crippen molar-refractivity contribution in [1.29, 1.82) is 0 Å². The minimum absolute atomic E-state index is 0. The molecule has 19 heavy (non-hydrogen) atoms. The second kappa shape index (κ2) is 8.50. The van der Waals surface area contributed by atoms with Crippen LogP contribution in [0.5, 0.6) is 0 Å². The van der Waals surface area contributed by atoms with E-state index in [9.17, 15) is 8.42 Å². The van der Waals surface area contributed by atoms with Gasteiger partial charge in [0.25, 0.3) is 10.2 Å². The molecule has 3 N–H and O–H groups in total. The van der Waals surface area contributed by atoms with Crippen LogP contribution in [0.15, 0.2) is 30.3 Å². The average molecular weight is 308 g/mol. The molecule has 0 saturated carbocycles. The average Bonchev–Trinajstić information content (AvgIpc) is 2.36. The number of hydrogen-bond donors (Lipinski definition) is 2. The minimum Gasteiger partial charge on any atom is -0.329 e. The van der Waals surface area contributed by atoms with Crippen LogP contribution < -0.4 is 10.5 Å². The highest BCUT2D eigenvalue weighted by Gasteiger charge is 2.21. The molecule has 0 saturated heterocycles. The van der Waals surface area contributed by atoms with E-state index in [4.69, 9.17) is 5.73 Å². The maximum absolute atomic E-state index is 12.1. The topological polar surface area (TPSA) is 75.4 Å². The zero-order chi connectivity index (χ0) is 13.6. The summed E-state index contributed by atoms with van der Waals surface area (Å²) < 4.78 is 28.1. The molecular formula is C12H22ClN3O2S. The first kappa shape index (κ1) is 18.3. The zero-order valence-electron chi connectivity index (χ0n) is 11.2. The summed E-state index contributed by atoms with van der Waals surface area (Å²) in [5, 5.41) is 0. The molecule has 0 radical (unpaired) electrons. The predicted molar refractivity (Wildman–Crippen MR) is 80.3 cm³/mol. The first-order valence-electron chi connectivity index (χ1n) is 6.01. The third-order valence-electron chi connectivity index (χ3n) is 2.60. The van der Waals surface area contributed by atoms with Crippen molar-refractivity contribution < 1.29 is 8.42 Å². The molecule has 1 rings (SSSR count). The molecular weight excluding hydrogens is 286 g/mol. The Labute approximate surface area is 121 Å². The summed E-state index contributed by atoms with van der Waals surface area (Å²) in [6.45, 7) is 4.62. The smallest absolute Gasteiger partial charge is 0.280 e. The second-order valence-corrected chi connectivity index (χ2v) is 5.87. The van der Waals surface area contributed by atoms with Gasteiger partial charge >= 0.3 is 0 Å². The fraction of sp³-hybridized carbons (Fsp3) is 0.500. The Bertz CT molecular complexity index is 453. The number of nitrogens with one attached hydrogen (secondary N) is 1. The van der Waals surface area contributed by atoms with E-state index in [1.54, 1.807) is 6.92 Å². The third kappa shape index (κ3) is 5.88. The number of nitrogens with two attached hydrogens (primary N) is 1. The normalized spacial score (nSPS) is 13.1. The highest BCUT2D eigenvalue weighted by Crippen LogP contribution is 2.08. The van der Waals surface area contributed by atoms with Gasteiger partial charge in [-0.25, -0.2) is 0 Å². The summed E-state index contributed by atoms with van der Waals surface area (Å²) in [5.74, 6) is 0. The molecule has 7 heteroatoms. The quantitative estimate of drug-likeness (QED) is 0.792. The Morgan fingerprint density at radius 3 is 2.37 bits per heavy atom. The van der Waals surface area contributed by atoms with Crippen LogP contribution in [0.2, 0.25) is 0 Å². The lowest BCUT2D eigenvalue weighted by molar-refractivity contribution is 0.408. The van der Waals surface area contributed by atoms with Crippen molar-refractivity contribution in [3.63, 3.8) is 0 Å². The Kier molecular flexibility index (Phi) is 8.20. The lowest BCUT2D eigenvalue weighted by atomic mass is 10.2. The van der Waals surface area contributed by atoms with Crippen LogP contribution in [0.3, 0.4) is 0 Å². The zero-order valence-corrected chi connectivity index (χ0v) is 12.9. The second-order valence-electron chi connectivity index (χ2n) is 4.17. The van der Waals surface area contributed by atoms with Crippen molar-refractivity contribution >= 4 is 22.6 Å². The fourth-order valence-electron chi connectivity index (χ4n) is 1.53. The van der Waals surface area contributed by atoms with E-state index >= 15 is 0 Å². The van der Waals surface area contributed by atoms with Gasteiger partial charge in [0, 0.05) is 25.7 Å². The number of benzene rings is 1. The van der Waals surface area contributed by atoms with Crippen LogP contribution >= 0.6 is 12.4 Å². The SMILES string of the molecule is CCN(Cc1ccccc1)S(=O)(=O)N[C@@H](C)CN.Cl. The number of halogens is 1. The summed E-state index contributed by atoms with van der Waals surface area (Å²) in [4.78, 5) is 0. The molecule has 1 atom stereocenters. The molecule has 0 amide bonds. The van der Waals surface area contributed by atoms with Crippen LogP contribution in [0, 0.1) is 0 Å². The summed E-state index contributed by atoms with van der Waals surface area (Å²) >= 11 is 0. The van der Waals surface area contributed by atoms with E-state index in [0.29, 0.717) is 13.1 Å². The molecule has 110 valence electrons. The van der Waals surface area contributed by atoms with Gasteiger partial charge in [-0.05, 0) is 12.5 Å². The maximum Gasteiger partial charge on any atom is 0.280 e. The Balaban J connectivity index is 0.00000324. The van der Waals surface area contributed by atoms with Crippen molar-refractivity contribution in [3.8, 4) is 0 Å². The predicted octanol–water partition coefficient (Wildman–Crippen LogP) is 1.11. The summed E-state index contributed by atoms with van der Waals surface area (Å²) in [6.07, 6.45) is 0. The molecule has 0 aliphatic rings. The number of rotatable bonds is 7. The molecule has 0 heterocycles. The molecule has 0 spiro atoms. The molecule has 5 nitrogen and oxygen atoms in total. The van der Waals surface area contributed by atoms with E-state index in [-0.39, 0.29) is 25.0 Å². The molecule has 0 aliphatic carbocycles. The summed E-state index contributed by atoms with van der Waals surface area (Å²) in [7, 11) is -3.48. The van der Waals surface area contributed by atoms with Gasteiger partial charge in [0.1, 0.15) is 0 Å². The Morgan fingerprint density at radius 1 is 1.32 bits per heavy atom. The van der Waals surface area contributed by atoms with E-state index in [2.05, 4.69) is 4.72 Å². The molecule has 0 aromatic heterocycles. The number of nitrogens with zero attached hydrogens (tertiary/aromatic N) is 1. The molecule has 1 aromatic rings. The van der Waals surface area contributed by atoms with Gasteiger partial charge in [-0.3, -0.25) is 0 Å². The van der Waals surface area contributed by atoms with Crippen LogP contribution in [0.1, 0.15) is 19.4 Å². The summed E-state index contributed by atoms with van der Waals surface area (Å²) in [6, 6.07) is 9.25. The van der Waals surface area contributed by atoms with Gasteiger partial charge < -0.3 is 5.73 Å². The monoisotopic (exact) mass is 307 g/mol. The van der Waals surface area contributed by atoms with Crippen molar-refractivity contribution in [2.24, 2.45) is 5.73 Å². The van der Waals surface area contributed by atoms with Crippen molar-refractivity contribution in [2.45, 2.75) is 26.4 Å². The molecule has 0 aliphatic heterocycles. The first-order chi connectivity index (χ1) is 8.49. The Morgan fingerprint density at radius 2 is 1.89 bits per heavy atom. The van der Waals surface area contributed by atoms with E-state index in [1.165, 1.54) is 4.31 Å². The highest BCUT2D eigenvalue weighted by molar-refractivity contribution is 7.87. The van der Waals surface area contributed by atoms with Gasteiger partial charge in [-0.1, -0.05) is 37.3 Å². The van der Waals surface area contributed by atoms with Crippen LogP contribution in [0.4, 0.5) is 0 Å². The third-order valence-corrected chi connectivity index (χ3v) is 4.37. The van der Waals surface area contributed by atoms with E-state index < -0.39 is 10.2 Å². The lowest BCUT2D eigenvalue weighted by Crippen LogP contribution is -2.46. The highest BCUT2D eigenvalue weighted by atomic mass is 35.5. The van der Waals surface area contributed by atoms with Crippen molar-refractivity contribution in [2.75, 3.05) is 13.1 Å². The van der Waals surface area contributed by atoms with Crippen molar-refractivity contribution in [1.82, 2.24) is 9.03 Å². The maximum atomic E-state index is 12.1. The molecule has 0 fully saturated rings. The summed E-state index contributed by atoms with van der Waals surface area (Å²) in [5.41, 5.74) is 6.39. The number of hydrogen-bond acceptors (Lipinski definition) is 3. The lowest BCUT2D eigenvalue weighted by Gasteiger charge is -2.23. The fourth-order valence-corrected chi connectivity index (χ4v) is 2.94. The largest absolute Gasteiger partial charge is 0.329 e. The molecule has 0 unspecified atom stereocenters. The van der Waals surface area contributed by atoms with Gasteiger partial charge in [-0.15, -0.1) is 12.4 Å².